The van der Waals surface area contributed by atoms with Crippen LogP contribution in [0.1, 0.15) is 63.1 Å². The van der Waals surface area contributed by atoms with Gasteiger partial charge in [0, 0.05) is 50.8 Å². The van der Waals surface area contributed by atoms with Gasteiger partial charge in [-0.2, -0.15) is 30.3 Å². The first-order chi connectivity index (χ1) is 30.0. The van der Waals surface area contributed by atoms with Crippen LogP contribution in [0.25, 0.3) is 90.9 Å². The van der Waals surface area contributed by atoms with Gasteiger partial charge in [0.2, 0.25) is 0 Å². The summed E-state index contributed by atoms with van der Waals surface area (Å²) in [5.41, 5.74) is 23.2. The van der Waals surface area contributed by atoms with E-state index in [1.807, 2.05) is 42.5 Å². The van der Waals surface area contributed by atoms with Gasteiger partial charge in [0.1, 0.15) is 0 Å². The molecule has 0 radical (unpaired) electrons. The molecule has 3 aromatic heterocycles. The zero-order chi connectivity index (χ0) is 43.1. The van der Waals surface area contributed by atoms with E-state index < -0.39 is 0 Å². The number of nitrogens with zero attached hydrogens (tertiary/aromatic N) is 2. The third-order valence-electron chi connectivity index (χ3n) is 11.5. The van der Waals surface area contributed by atoms with E-state index in [2.05, 4.69) is 161 Å². The zero-order valence-electron chi connectivity index (χ0n) is 36.5. The SMILES string of the molecule is CC(=O)Sc1ccc(-c2c3nc(c(-c4c(C)cc(C)cc4C)c4ccc([nH]4)c(-[c-]4cccc4)c4nc(c(-c5c(C)cc(C)cc5C)c5ccc2[nH]5)C=C4)C=C3)cc1.[Fe+2].c1cc[cH-]c1. The number of hydrogen-bond donors (Lipinski definition) is 2. The minimum atomic E-state index is 0. The van der Waals surface area contributed by atoms with Gasteiger partial charge < -0.3 is 9.97 Å². The molecule has 0 unspecified atom stereocenters. The van der Waals surface area contributed by atoms with Crippen molar-refractivity contribution in [3.05, 3.63) is 184 Å². The molecule has 0 aliphatic carbocycles. The summed E-state index contributed by atoms with van der Waals surface area (Å²) < 4.78 is 0. The predicted octanol–water partition coefficient (Wildman–Crippen LogP) is 14.9. The molecule has 5 nitrogen and oxygen atoms in total. The van der Waals surface area contributed by atoms with E-state index in [0.717, 1.165) is 83.1 Å². The fourth-order valence-electron chi connectivity index (χ4n) is 9.20. The number of benzene rings is 3. The molecular weight excluding hydrogens is 833 g/mol. The van der Waals surface area contributed by atoms with Crippen molar-refractivity contribution in [3.63, 3.8) is 0 Å². The van der Waals surface area contributed by atoms with Gasteiger partial charge in [0.15, 0.2) is 5.12 Å². The number of nitrogens with one attached hydrogen (secondary N) is 2. The average molecular weight is 881 g/mol. The molecule has 312 valence electrons. The summed E-state index contributed by atoms with van der Waals surface area (Å²) in [6.07, 6.45) is 8.59. The zero-order valence-corrected chi connectivity index (χ0v) is 38.4. The summed E-state index contributed by atoms with van der Waals surface area (Å²) in [6, 6.07) is 44.4. The predicted molar refractivity (Wildman–Crippen MR) is 263 cm³/mol. The van der Waals surface area contributed by atoms with Gasteiger partial charge in [-0.3, -0.25) is 9.78 Å². The number of carbonyl (C=O) groups excluding carboxylic acids is 1. The molecule has 5 heterocycles. The monoisotopic (exact) mass is 880 g/mol. The second-order valence-electron chi connectivity index (χ2n) is 16.3. The minimum Gasteiger partial charge on any atom is -0.386 e. The molecule has 0 fully saturated rings. The van der Waals surface area contributed by atoms with E-state index in [9.17, 15) is 4.79 Å². The molecule has 0 saturated heterocycles. The Bertz CT molecular complexity index is 3110. The molecule has 0 saturated carbocycles. The van der Waals surface area contributed by atoms with Crippen molar-refractivity contribution in [1.29, 1.82) is 0 Å². The van der Waals surface area contributed by atoms with Crippen LogP contribution in [0.2, 0.25) is 0 Å². The van der Waals surface area contributed by atoms with Crippen LogP contribution in [0.15, 0.2) is 132 Å². The van der Waals surface area contributed by atoms with Gasteiger partial charge in [-0.25, -0.2) is 17.1 Å². The summed E-state index contributed by atoms with van der Waals surface area (Å²) in [7, 11) is 0. The molecule has 0 amide bonds. The number of hydrogen-bond acceptors (Lipinski definition) is 4. The molecular formula is C56H48FeN4OS. The number of carbonyl (C=O) groups is 1. The van der Waals surface area contributed by atoms with Crippen LogP contribution in [0.4, 0.5) is 0 Å². The van der Waals surface area contributed by atoms with Crippen LogP contribution in [0.5, 0.6) is 0 Å². The number of aromatic nitrogens is 4. The van der Waals surface area contributed by atoms with Crippen molar-refractivity contribution in [3.8, 4) is 44.5 Å². The second-order valence-corrected chi connectivity index (χ2v) is 17.6. The normalized spacial score (nSPS) is 11.6. The minimum absolute atomic E-state index is 0. The topological polar surface area (TPSA) is 74.4 Å². The Kier molecular flexibility index (Phi) is 12.4. The van der Waals surface area contributed by atoms with Crippen LogP contribution in [0, 0.1) is 41.5 Å². The largest absolute Gasteiger partial charge is 2.00 e. The molecule has 8 aromatic rings. The maximum absolute atomic E-state index is 12.0. The number of fused-ring (bicyclic) bond motifs is 8. The maximum atomic E-state index is 12.0. The van der Waals surface area contributed by atoms with E-state index in [0.29, 0.717) is 0 Å². The van der Waals surface area contributed by atoms with Crippen LogP contribution >= 0.6 is 11.8 Å². The smallest absolute Gasteiger partial charge is 0.386 e. The van der Waals surface area contributed by atoms with Crippen molar-refractivity contribution in [2.45, 2.75) is 53.4 Å². The maximum Gasteiger partial charge on any atom is 2.00 e. The van der Waals surface area contributed by atoms with Crippen molar-refractivity contribution in [2.24, 2.45) is 0 Å². The van der Waals surface area contributed by atoms with Crippen LogP contribution in [-0.2, 0) is 21.9 Å². The van der Waals surface area contributed by atoms with Gasteiger partial charge in [-0.15, -0.1) is 12.1 Å². The number of thioether (sulfide) groups is 1. The van der Waals surface area contributed by atoms with Crippen molar-refractivity contribution in [2.75, 3.05) is 0 Å². The summed E-state index contributed by atoms with van der Waals surface area (Å²) >= 11 is 1.24. The van der Waals surface area contributed by atoms with Gasteiger partial charge >= 0.3 is 17.1 Å². The Morgan fingerprint density at radius 1 is 0.540 bits per heavy atom. The molecule has 2 aliphatic heterocycles. The van der Waals surface area contributed by atoms with Crippen molar-refractivity contribution >= 4 is 63.2 Å². The molecule has 0 atom stereocenters. The number of H-pyrrole nitrogens is 2. The Balaban J connectivity index is 0.000000849. The Hall–Kier alpha value is -6.50. The molecule has 63 heavy (non-hydrogen) atoms. The number of aromatic amines is 2. The first kappa shape index (κ1) is 43.2. The molecule has 10 rings (SSSR count). The molecule has 7 heteroatoms. The van der Waals surface area contributed by atoms with E-state index in [1.54, 1.807) is 6.92 Å². The van der Waals surface area contributed by atoms with E-state index in [4.69, 9.17) is 9.97 Å². The molecule has 8 bridgehead atoms. The number of aryl methyl sites for hydroxylation is 6. The van der Waals surface area contributed by atoms with Crippen LogP contribution < -0.4 is 0 Å². The quantitative estimate of drug-likeness (QED) is 0.103. The fourth-order valence-corrected chi connectivity index (χ4v) is 9.81. The average Bonchev–Trinajstić information content (AvgIpc) is 4.09. The van der Waals surface area contributed by atoms with Crippen LogP contribution in [-0.4, -0.2) is 25.1 Å². The first-order valence-electron chi connectivity index (χ1n) is 21.0. The summed E-state index contributed by atoms with van der Waals surface area (Å²) in [4.78, 5) is 31.6. The van der Waals surface area contributed by atoms with Gasteiger partial charge in [-0.1, -0.05) is 82.6 Å². The Morgan fingerprint density at radius 3 is 1.44 bits per heavy atom. The third-order valence-corrected chi connectivity index (χ3v) is 12.3. The summed E-state index contributed by atoms with van der Waals surface area (Å²) in [5, 5.41) is 0.0576. The van der Waals surface area contributed by atoms with E-state index in [-0.39, 0.29) is 22.2 Å². The number of rotatable bonds is 5. The summed E-state index contributed by atoms with van der Waals surface area (Å²) in [5.74, 6) is 0. The van der Waals surface area contributed by atoms with Gasteiger partial charge in [-0.05, 0) is 135 Å². The van der Waals surface area contributed by atoms with E-state index in [1.165, 1.54) is 56.3 Å². The standard InChI is InChI=1S/C51H43N4OS.C5H5.Fe/c1-28-24-30(3)46(31(4)25-28)50-42-20-16-38(52-42)48(35-10-8-9-11-35)39-17-21-43(53-39)51(47-32(5)26-29(2)27-33(47)6)45-23-19-41(55-45)49(40-18-22-44(50)54-40)36-12-14-37(15-13-36)57-34(7)56;1-2-4-5-3-1;/h8-27,52,55H,1-7H3;1-5H;/q2*-1;+2. The fraction of sp³-hybridized carbons (Fsp3) is 0.125. The Labute approximate surface area is 384 Å². The summed E-state index contributed by atoms with van der Waals surface area (Å²) in [6.45, 7) is 14.7. The molecule has 5 aromatic carbocycles. The third kappa shape index (κ3) is 8.65. The second kappa shape index (κ2) is 18.1. The van der Waals surface area contributed by atoms with E-state index >= 15 is 0 Å². The molecule has 2 N–H and O–H groups in total. The van der Waals surface area contributed by atoms with Crippen LogP contribution in [0.3, 0.4) is 0 Å². The van der Waals surface area contributed by atoms with Gasteiger partial charge in [0.05, 0.1) is 17.1 Å². The molecule has 0 spiro atoms. The Morgan fingerprint density at radius 2 is 0.968 bits per heavy atom. The van der Waals surface area contributed by atoms with Gasteiger partial charge in [0.25, 0.3) is 0 Å². The van der Waals surface area contributed by atoms with Crippen molar-refractivity contribution in [1.82, 2.24) is 19.9 Å². The first-order valence-corrected chi connectivity index (χ1v) is 21.8. The molecule has 2 aliphatic rings. The van der Waals surface area contributed by atoms with Crippen molar-refractivity contribution < 1.29 is 21.9 Å².